The summed E-state index contributed by atoms with van der Waals surface area (Å²) >= 11 is 0. The Hall–Kier alpha value is -1.60. The number of fused-ring (bicyclic) bond motifs is 2. The predicted octanol–water partition coefficient (Wildman–Crippen LogP) is 1.93. The average Bonchev–Trinajstić information content (AvgIpc) is 2.74. The Morgan fingerprint density at radius 2 is 1.73 bits per heavy atom. The lowest BCUT2D eigenvalue weighted by atomic mass is 9.78. The van der Waals surface area contributed by atoms with Crippen LogP contribution < -0.4 is 10.4 Å². The van der Waals surface area contributed by atoms with Crippen molar-refractivity contribution in [2.75, 3.05) is 18.0 Å². The standard InChI is InChI=1S/C19H26BFN2O3/c1-12(24)23-13-9-14(23)11-22(10-13)16-8-6-7-15(17(16)21)20-25-18(2,3)19(4,5)26-20/h6-8,13-14H,9-11H2,1-5H3. The van der Waals surface area contributed by atoms with Gasteiger partial charge in [0.2, 0.25) is 5.91 Å². The van der Waals surface area contributed by atoms with Crippen LogP contribution in [0.25, 0.3) is 0 Å². The number of carbonyl (C=O) groups is 1. The van der Waals surface area contributed by atoms with E-state index in [1.807, 2.05) is 43.6 Å². The smallest absolute Gasteiger partial charge is 0.399 e. The zero-order valence-electron chi connectivity index (χ0n) is 16.1. The van der Waals surface area contributed by atoms with Gasteiger partial charge in [0.15, 0.2) is 0 Å². The van der Waals surface area contributed by atoms with Crippen molar-refractivity contribution in [1.82, 2.24) is 4.90 Å². The summed E-state index contributed by atoms with van der Waals surface area (Å²) in [5.41, 5.74) is -0.0112. The van der Waals surface area contributed by atoms with Crippen LogP contribution in [0.15, 0.2) is 18.2 Å². The quantitative estimate of drug-likeness (QED) is 0.756. The molecule has 5 nitrogen and oxygen atoms in total. The van der Waals surface area contributed by atoms with Gasteiger partial charge in [-0.05, 0) is 40.2 Å². The number of amides is 1. The lowest BCUT2D eigenvalue weighted by Crippen LogP contribution is -2.70. The minimum atomic E-state index is -0.715. The molecule has 26 heavy (non-hydrogen) atoms. The predicted molar refractivity (Wildman–Crippen MR) is 99.0 cm³/mol. The van der Waals surface area contributed by atoms with Gasteiger partial charge < -0.3 is 19.1 Å². The Balaban J connectivity index is 1.58. The number of anilines is 1. The number of rotatable bonds is 2. The van der Waals surface area contributed by atoms with Crippen molar-refractivity contribution in [2.45, 2.75) is 64.3 Å². The van der Waals surface area contributed by atoms with Crippen molar-refractivity contribution in [3.8, 4) is 0 Å². The summed E-state index contributed by atoms with van der Waals surface area (Å²) in [7, 11) is -0.715. The number of carbonyl (C=O) groups excluding carboxylic acids is 1. The van der Waals surface area contributed by atoms with Crippen LogP contribution in [0.3, 0.4) is 0 Å². The monoisotopic (exact) mass is 360 g/mol. The van der Waals surface area contributed by atoms with Crippen molar-refractivity contribution >= 4 is 24.2 Å². The zero-order valence-corrected chi connectivity index (χ0v) is 16.1. The highest BCUT2D eigenvalue weighted by Crippen LogP contribution is 2.38. The Kier molecular flexibility index (Phi) is 3.90. The molecule has 4 heterocycles. The summed E-state index contributed by atoms with van der Waals surface area (Å²) in [6, 6.07) is 5.75. The van der Waals surface area contributed by atoms with E-state index >= 15 is 4.39 Å². The Labute approximate surface area is 154 Å². The normalized spacial score (nSPS) is 28.9. The second-order valence-corrected chi connectivity index (χ2v) is 8.64. The van der Waals surface area contributed by atoms with Crippen molar-refractivity contribution in [1.29, 1.82) is 0 Å². The third kappa shape index (κ3) is 2.55. The van der Waals surface area contributed by atoms with E-state index in [9.17, 15) is 4.79 Å². The maximum atomic E-state index is 15.3. The van der Waals surface area contributed by atoms with Crippen LogP contribution in [0.1, 0.15) is 41.0 Å². The summed E-state index contributed by atoms with van der Waals surface area (Å²) in [6.45, 7) is 10.8. The van der Waals surface area contributed by atoms with Crippen molar-refractivity contribution in [2.24, 2.45) is 0 Å². The summed E-state index contributed by atoms with van der Waals surface area (Å²) < 4.78 is 27.4. The van der Waals surface area contributed by atoms with Crippen LogP contribution in [-0.4, -0.2) is 54.3 Å². The molecule has 2 bridgehead atoms. The molecular formula is C19H26BFN2O3. The SMILES string of the molecule is CC(=O)N1C2CC1CN(c1cccc(B3OC(C)(C)C(C)(C)O3)c1F)C2. The average molecular weight is 360 g/mol. The molecule has 0 radical (unpaired) electrons. The van der Waals surface area contributed by atoms with Gasteiger partial charge in [-0.15, -0.1) is 0 Å². The first-order valence-electron chi connectivity index (χ1n) is 9.28. The van der Waals surface area contributed by atoms with Crippen LogP contribution in [0.5, 0.6) is 0 Å². The van der Waals surface area contributed by atoms with Crippen molar-refractivity contribution in [3.05, 3.63) is 24.0 Å². The lowest BCUT2D eigenvalue weighted by molar-refractivity contribution is -0.143. The summed E-state index contributed by atoms with van der Waals surface area (Å²) in [6.07, 6.45) is 1.01. The number of benzene rings is 1. The number of hydrogen-bond acceptors (Lipinski definition) is 4. The molecule has 0 N–H and O–H groups in total. The van der Waals surface area contributed by atoms with Gasteiger partial charge in [-0.25, -0.2) is 4.39 Å². The van der Waals surface area contributed by atoms with E-state index in [2.05, 4.69) is 0 Å². The Morgan fingerprint density at radius 3 is 2.27 bits per heavy atom. The lowest BCUT2D eigenvalue weighted by Gasteiger charge is -2.56. The Bertz CT molecular complexity index is 726. The molecule has 140 valence electrons. The van der Waals surface area contributed by atoms with Gasteiger partial charge >= 0.3 is 7.12 Å². The number of piperazine rings is 1. The highest BCUT2D eigenvalue weighted by Gasteiger charge is 2.53. The molecule has 0 aromatic heterocycles. The first-order chi connectivity index (χ1) is 12.1. The molecule has 1 aromatic rings. The molecule has 1 amide bonds. The summed E-state index contributed by atoms with van der Waals surface area (Å²) in [5, 5.41) is 0. The fourth-order valence-corrected chi connectivity index (χ4v) is 4.25. The molecule has 0 aliphatic carbocycles. The molecular weight excluding hydrogens is 334 g/mol. The van der Waals surface area contributed by atoms with Gasteiger partial charge in [-0.1, -0.05) is 12.1 Å². The van der Waals surface area contributed by atoms with Gasteiger partial charge in [0.25, 0.3) is 0 Å². The van der Waals surface area contributed by atoms with Gasteiger partial charge in [-0.3, -0.25) is 4.79 Å². The molecule has 1 aromatic carbocycles. The topological polar surface area (TPSA) is 42.0 Å². The van der Waals surface area contributed by atoms with Gasteiger partial charge in [-0.2, -0.15) is 0 Å². The van der Waals surface area contributed by atoms with E-state index in [4.69, 9.17) is 9.31 Å². The highest BCUT2D eigenvalue weighted by atomic mass is 19.1. The number of nitrogens with zero attached hydrogens (tertiary/aromatic N) is 2. The molecule has 4 aliphatic heterocycles. The minimum Gasteiger partial charge on any atom is -0.399 e. The molecule has 7 heteroatoms. The van der Waals surface area contributed by atoms with Crippen molar-refractivity contribution < 1.29 is 18.5 Å². The van der Waals surface area contributed by atoms with Crippen LogP contribution in [0, 0.1) is 5.82 Å². The molecule has 0 saturated carbocycles. The van der Waals surface area contributed by atoms with E-state index in [-0.39, 0.29) is 23.8 Å². The maximum absolute atomic E-state index is 15.3. The van der Waals surface area contributed by atoms with Gasteiger partial charge in [0.05, 0.1) is 29.0 Å². The Morgan fingerprint density at radius 1 is 1.15 bits per heavy atom. The first-order valence-corrected chi connectivity index (χ1v) is 9.28. The van der Waals surface area contributed by atoms with Crippen LogP contribution >= 0.6 is 0 Å². The fourth-order valence-electron chi connectivity index (χ4n) is 4.25. The second-order valence-electron chi connectivity index (χ2n) is 8.64. The van der Waals surface area contributed by atoms with E-state index < -0.39 is 18.3 Å². The molecule has 4 aliphatic rings. The van der Waals surface area contributed by atoms with Crippen LogP contribution in [0.2, 0.25) is 0 Å². The van der Waals surface area contributed by atoms with Gasteiger partial charge in [0.1, 0.15) is 5.82 Å². The molecule has 2 unspecified atom stereocenters. The summed E-state index contributed by atoms with van der Waals surface area (Å²) in [4.78, 5) is 15.7. The van der Waals surface area contributed by atoms with E-state index in [0.717, 1.165) is 6.42 Å². The van der Waals surface area contributed by atoms with Crippen LogP contribution in [-0.2, 0) is 14.1 Å². The van der Waals surface area contributed by atoms with Crippen LogP contribution in [0.4, 0.5) is 10.1 Å². The number of hydrogen-bond donors (Lipinski definition) is 0. The van der Waals surface area contributed by atoms with Gasteiger partial charge in [0, 0.05) is 25.5 Å². The first kappa shape index (κ1) is 17.8. The largest absolute Gasteiger partial charge is 0.497 e. The maximum Gasteiger partial charge on any atom is 0.497 e. The number of piperidine rings is 1. The molecule has 4 saturated heterocycles. The number of halogens is 1. The molecule has 0 spiro atoms. The second kappa shape index (κ2) is 5.70. The summed E-state index contributed by atoms with van der Waals surface area (Å²) in [5.74, 6) is -0.181. The highest BCUT2D eigenvalue weighted by molar-refractivity contribution is 6.62. The third-order valence-electron chi connectivity index (χ3n) is 6.41. The van der Waals surface area contributed by atoms with E-state index in [1.165, 1.54) is 0 Å². The molecule has 2 atom stereocenters. The fraction of sp³-hybridized carbons (Fsp3) is 0.632. The minimum absolute atomic E-state index is 0.109. The third-order valence-corrected chi connectivity index (χ3v) is 6.41. The molecule has 4 fully saturated rings. The van der Waals surface area contributed by atoms with E-state index in [1.54, 1.807) is 19.1 Å². The van der Waals surface area contributed by atoms with E-state index in [0.29, 0.717) is 24.2 Å². The van der Waals surface area contributed by atoms with Crippen molar-refractivity contribution in [3.63, 3.8) is 0 Å². The molecule has 5 rings (SSSR count). The zero-order chi connectivity index (χ0) is 18.9.